The molecule has 0 bridgehead atoms. The summed E-state index contributed by atoms with van der Waals surface area (Å²) in [6.45, 7) is 7.08. The second kappa shape index (κ2) is 16.8. The van der Waals surface area contributed by atoms with Crippen LogP contribution in [-0.2, 0) is 19.1 Å². The van der Waals surface area contributed by atoms with E-state index < -0.39 is 53.7 Å². The summed E-state index contributed by atoms with van der Waals surface area (Å²) >= 11 is 0. The normalized spacial score (nSPS) is 12.5. The Morgan fingerprint density at radius 3 is 2.32 bits per heavy atom. The van der Waals surface area contributed by atoms with Crippen LogP contribution in [0, 0.1) is 12.3 Å². The highest BCUT2D eigenvalue weighted by Gasteiger charge is 2.27. The number of hydrogen-bond donors (Lipinski definition) is 8. The molecule has 0 saturated heterocycles. The zero-order valence-electron chi connectivity index (χ0n) is 25.6. The fourth-order valence-electron chi connectivity index (χ4n) is 4.18. The van der Waals surface area contributed by atoms with Crippen LogP contribution in [0.2, 0.25) is 0 Å². The molecule has 44 heavy (non-hydrogen) atoms. The maximum absolute atomic E-state index is 13.4. The van der Waals surface area contributed by atoms with Crippen LogP contribution in [0.1, 0.15) is 58.4 Å². The van der Waals surface area contributed by atoms with Gasteiger partial charge in [0.05, 0.1) is 0 Å². The van der Waals surface area contributed by atoms with Crippen LogP contribution in [-0.4, -0.2) is 67.1 Å². The highest BCUT2D eigenvalue weighted by atomic mass is 16.6. The fourth-order valence-corrected chi connectivity index (χ4v) is 4.18. The molecule has 0 unspecified atom stereocenters. The minimum Gasteiger partial charge on any atom is -0.444 e. The van der Waals surface area contributed by atoms with Gasteiger partial charge in [-0.2, -0.15) is 0 Å². The minimum absolute atomic E-state index is 0.170. The summed E-state index contributed by atoms with van der Waals surface area (Å²) in [6, 6.07) is 4.20. The van der Waals surface area contributed by atoms with Crippen molar-refractivity contribution in [2.75, 3.05) is 25.0 Å². The maximum Gasteiger partial charge on any atom is 0.408 e. The molecule has 15 nitrogen and oxygen atoms in total. The molecule has 2 atom stereocenters. The molecule has 242 valence electrons. The van der Waals surface area contributed by atoms with Crippen molar-refractivity contribution in [2.24, 2.45) is 11.5 Å². The third-order valence-electron chi connectivity index (χ3n) is 6.23. The number of carbonyl (C=O) groups excluding carboxylic acids is 4. The number of fused-ring (bicyclic) bond motifs is 1. The highest BCUT2D eigenvalue weighted by Crippen LogP contribution is 2.21. The number of benzene rings is 1. The molecule has 1 aromatic carbocycles. The third-order valence-corrected chi connectivity index (χ3v) is 6.23. The van der Waals surface area contributed by atoms with Gasteiger partial charge in [0.1, 0.15) is 29.8 Å². The van der Waals surface area contributed by atoms with Gasteiger partial charge in [-0.15, -0.1) is 0 Å². The largest absolute Gasteiger partial charge is 0.444 e. The molecule has 10 N–H and O–H groups in total. The predicted molar refractivity (Wildman–Crippen MR) is 166 cm³/mol. The van der Waals surface area contributed by atoms with Crippen molar-refractivity contribution in [3.8, 4) is 0 Å². The Balaban J connectivity index is 2.17. The van der Waals surface area contributed by atoms with Gasteiger partial charge in [0, 0.05) is 29.8 Å². The van der Waals surface area contributed by atoms with Gasteiger partial charge in [0.15, 0.2) is 5.96 Å². The Bertz CT molecular complexity index is 1390. The molecular formula is C29H44N8O7. The van der Waals surface area contributed by atoms with Crippen LogP contribution in [0.4, 0.5) is 10.5 Å². The molecule has 0 saturated carbocycles. The van der Waals surface area contributed by atoms with E-state index in [1.807, 2.05) is 0 Å². The molecule has 0 radical (unpaired) electrons. The first-order valence-corrected chi connectivity index (χ1v) is 14.4. The topological polar surface area (TPSA) is 244 Å². The number of alkyl carbamates (subject to hydrolysis) is 1. The summed E-state index contributed by atoms with van der Waals surface area (Å²) in [5, 5.41) is 21.1. The van der Waals surface area contributed by atoms with Gasteiger partial charge in [-0.1, -0.05) is 0 Å². The molecule has 0 fully saturated rings. The average molecular weight is 617 g/mol. The Morgan fingerprint density at radius 2 is 1.66 bits per heavy atom. The fraction of sp³-hybridized carbons (Fsp3) is 0.517. The van der Waals surface area contributed by atoms with Gasteiger partial charge < -0.3 is 47.2 Å². The van der Waals surface area contributed by atoms with Gasteiger partial charge in [-0.25, -0.2) is 9.59 Å². The molecule has 0 aliphatic heterocycles. The third kappa shape index (κ3) is 12.7. The van der Waals surface area contributed by atoms with Crippen LogP contribution in [0.3, 0.4) is 0 Å². The Hall–Kier alpha value is -4.66. The van der Waals surface area contributed by atoms with Crippen LogP contribution in [0.5, 0.6) is 0 Å². The molecular weight excluding hydrogens is 572 g/mol. The number of nitrogens with two attached hydrogens (primary N) is 2. The van der Waals surface area contributed by atoms with E-state index in [0.717, 1.165) is 5.56 Å². The van der Waals surface area contributed by atoms with E-state index >= 15 is 0 Å². The summed E-state index contributed by atoms with van der Waals surface area (Å²) < 4.78 is 10.4. The van der Waals surface area contributed by atoms with E-state index in [1.54, 1.807) is 39.8 Å². The summed E-state index contributed by atoms with van der Waals surface area (Å²) in [5.74, 6) is -2.00. The summed E-state index contributed by atoms with van der Waals surface area (Å²) in [7, 11) is 0. The number of aryl methyl sites for hydroxylation is 1. The molecule has 0 aliphatic rings. The number of carbonyl (C=O) groups is 4. The van der Waals surface area contributed by atoms with E-state index in [2.05, 4.69) is 26.6 Å². The predicted octanol–water partition coefficient (Wildman–Crippen LogP) is 0.926. The first-order valence-electron chi connectivity index (χ1n) is 14.4. The molecule has 0 aliphatic carbocycles. The lowest BCUT2D eigenvalue weighted by atomic mass is 10.1. The zero-order valence-corrected chi connectivity index (χ0v) is 25.6. The molecule has 15 heteroatoms. The van der Waals surface area contributed by atoms with Crippen LogP contribution < -0.4 is 43.7 Å². The lowest BCUT2D eigenvalue weighted by molar-refractivity contribution is -0.131. The van der Waals surface area contributed by atoms with Crippen molar-refractivity contribution in [1.82, 2.24) is 21.3 Å². The number of hydrogen-bond acceptors (Lipinski definition) is 9. The number of unbranched alkanes of at least 4 members (excludes halogenated alkanes) is 1. The molecule has 2 aromatic rings. The van der Waals surface area contributed by atoms with Crippen LogP contribution >= 0.6 is 0 Å². The molecule has 1 heterocycles. The second-order valence-electron chi connectivity index (χ2n) is 11.3. The first kappa shape index (κ1) is 35.5. The summed E-state index contributed by atoms with van der Waals surface area (Å²) in [6.07, 6.45) is 1.13. The number of nitrogens with one attached hydrogen (secondary N) is 6. The molecule has 1 aromatic heterocycles. The monoisotopic (exact) mass is 616 g/mol. The second-order valence-corrected chi connectivity index (χ2v) is 11.3. The maximum atomic E-state index is 13.4. The van der Waals surface area contributed by atoms with Crippen molar-refractivity contribution in [2.45, 2.75) is 77.5 Å². The highest BCUT2D eigenvalue weighted by molar-refractivity contribution is 5.99. The number of ether oxygens (including phenoxy) is 1. The van der Waals surface area contributed by atoms with E-state index in [1.165, 1.54) is 12.1 Å². The van der Waals surface area contributed by atoms with Crippen molar-refractivity contribution >= 4 is 46.4 Å². The van der Waals surface area contributed by atoms with Gasteiger partial charge in [0.2, 0.25) is 17.7 Å². The van der Waals surface area contributed by atoms with Gasteiger partial charge >= 0.3 is 11.7 Å². The molecule has 4 amide bonds. The summed E-state index contributed by atoms with van der Waals surface area (Å²) in [5.41, 5.74) is 11.0. The van der Waals surface area contributed by atoms with Gasteiger partial charge in [-0.05, 0) is 84.0 Å². The quantitative estimate of drug-likeness (QED) is 0.0609. The molecule has 0 spiro atoms. The Morgan fingerprint density at radius 1 is 0.977 bits per heavy atom. The van der Waals surface area contributed by atoms with Gasteiger partial charge in [-0.3, -0.25) is 19.8 Å². The number of anilines is 1. The smallest absolute Gasteiger partial charge is 0.408 e. The van der Waals surface area contributed by atoms with Crippen LogP contribution in [0.15, 0.2) is 33.5 Å². The first-order chi connectivity index (χ1) is 20.7. The van der Waals surface area contributed by atoms with Crippen molar-refractivity contribution < 1.29 is 28.3 Å². The molecule has 2 rings (SSSR count). The summed E-state index contributed by atoms with van der Waals surface area (Å²) in [4.78, 5) is 63.1. The number of amides is 4. The zero-order chi connectivity index (χ0) is 32.9. The van der Waals surface area contributed by atoms with E-state index in [-0.39, 0.29) is 25.3 Å². The standard InChI is InChI=1S/C29H44N8O7/c1-17-14-24(39)43-22-15-18(10-11-19(17)22)35-25(40)21(9-7-13-33-27(31)32)37-26(41)20(8-5-6-12-30)36-23(38)16-34-28(42)44-29(2,3)4/h10-11,14-15,20-21H,5-9,12-13,16,30H2,1-4H3,(H,34,42)(H,35,40)(H,36,38)(H,37,41)(H4,31,32,33)/t20-,21-/m0/s1. The number of guanidine groups is 1. The van der Waals surface area contributed by atoms with Crippen molar-refractivity contribution in [3.63, 3.8) is 0 Å². The lowest BCUT2D eigenvalue weighted by Gasteiger charge is -2.24. The van der Waals surface area contributed by atoms with Gasteiger partial charge in [0.25, 0.3) is 0 Å². The number of rotatable bonds is 15. The van der Waals surface area contributed by atoms with E-state index in [4.69, 9.17) is 26.0 Å². The average Bonchev–Trinajstić information content (AvgIpc) is 2.91. The van der Waals surface area contributed by atoms with Crippen LogP contribution in [0.25, 0.3) is 11.0 Å². The SMILES string of the molecule is Cc1cc(=O)oc2cc(NC(=O)[C@H](CCCNC(=N)N)NC(=O)[C@H](CCCCN)NC(=O)CNC(=O)OC(C)(C)C)ccc12. The van der Waals surface area contributed by atoms with Crippen molar-refractivity contribution in [3.05, 3.63) is 40.2 Å². The van der Waals surface area contributed by atoms with E-state index in [9.17, 15) is 24.0 Å². The Labute approximate surface area is 255 Å². The van der Waals surface area contributed by atoms with E-state index in [0.29, 0.717) is 42.5 Å². The lowest BCUT2D eigenvalue weighted by Crippen LogP contribution is -2.54. The van der Waals surface area contributed by atoms with Crippen molar-refractivity contribution in [1.29, 1.82) is 5.41 Å². The Kier molecular flexibility index (Phi) is 13.6. The minimum atomic E-state index is -1.04.